The quantitative estimate of drug-likeness (QED) is 0.101. The van der Waals surface area contributed by atoms with Gasteiger partial charge in [0, 0.05) is 13.0 Å². The van der Waals surface area contributed by atoms with Crippen LogP contribution in [0.15, 0.2) is 0 Å². The summed E-state index contributed by atoms with van der Waals surface area (Å²) in [7, 11) is 0. The van der Waals surface area contributed by atoms with Crippen molar-refractivity contribution in [1.29, 1.82) is 0 Å². The van der Waals surface area contributed by atoms with E-state index in [0.29, 0.717) is 32.1 Å². The van der Waals surface area contributed by atoms with Crippen LogP contribution in [-0.2, 0) is 18.9 Å². The van der Waals surface area contributed by atoms with E-state index in [1.54, 1.807) is 0 Å². The first-order chi connectivity index (χ1) is 18.2. The van der Waals surface area contributed by atoms with E-state index < -0.39 is 93.1 Å². The highest BCUT2D eigenvalue weighted by molar-refractivity contribution is 4.94. The van der Waals surface area contributed by atoms with Crippen molar-refractivity contribution in [2.45, 2.75) is 125 Å². The maximum atomic E-state index is 12.8. The van der Waals surface area contributed by atoms with Gasteiger partial charge in [-0.1, -0.05) is 32.1 Å². The molecule has 2 rings (SSSR count). The molecular weight excluding hydrogens is 547 g/mol. The van der Waals surface area contributed by atoms with E-state index in [1.165, 1.54) is 0 Å². The summed E-state index contributed by atoms with van der Waals surface area (Å²) < 4.78 is 83.7. The fourth-order valence-corrected chi connectivity index (χ4v) is 4.37. The number of aliphatic hydroxyl groups is 7. The number of alkyl halides is 5. The number of ether oxygens (including phenoxy) is 4. The smallest absolute Gasteiger partial charge is 0.394 e. The largest absolute Gasteiger partial charge is 0.453 e. The van der Waals surface area contributed by atoms with Gasteiger partial charge < -0.3 is 54.7 Å². The molecule has 2 aliphatic heterocycles. The van der Waals surface area contributed by atoms with Crippen molar-refractivity contribution in [2.24, 2.45) is 0 Å². The highest BCUT2D eigenvalue weighted by Gasteiger charge is 2.56. The first-order valence-corrected chi connectivity index (χ1v) is 12.9. The van der Waals surface area contributed by atoms with Gasteiger partial charge in [0.2, 0.25) is 0 Å². The molecule has 0 bridgehead atoms. The van der Waals surface area contributed by atoms with Gasteiger partial charge in [0.25, 0.3) is 0 Å². The Hall–Kier alpha value is -0.790. The molecule has 0 unspecified atom stereocenters. The third kappa shape index (κ3) is 9.36. The molecule has 39 heavy (non-hydrogen) atoms. The van der Waals surface area contributed by atoms with E-state index in [1.807, 2.05) is 0 Å². The van der Waals surface area contributed by atoms with E-state index >= 15 is 0 Å². The molecule has 16 heteroatoms. The Morgan fingerprint density at radius 3 is 1.67 bits per heavy atom. The fourth-order valence-electron chi connectivity index (χ4n) is 4.37. The lowest BCUT2D eigenvalue weighted by molar-refractivity contribution is -0.359. The van der Waals surface area contributed by atoms with Gasteiger partial charge in [-0.3, -0.25) is 0 Å². The first kappa shape index (κ1) is 34.4. The molecule has 0 aromatic rings. The topological polar surface area (TPSA) is 179 Å². The number of hydrogen-bond acceptors (Lipinski definition) is 11. The molecule has 0 amide bonds. The van der Waals surface area contributed by atoms with Crippen molar-refractivity contribution in [3.63, 3.8) is 0 Å². The molecule has 0 aromatic heterocycles. The molecular formula is C23H39F5O11. The standard InChI is InChI=1S/C23H39F5O11/c24-22(25,23(26,27)28)8-6-4-2-1-3-5-7-9-36-20-18(35)16(33)19(13(11-30)38-20)39-21-17(34)15(32)14(31)12(10-29)37-21/h12-21,29-35H,1-11H2/t12-,13-,14-,15+,16-,17-,18-,19-,20-,21-/m1/s1. The van der Waals surface area contributed by atoms with Crippen LogP contribution in [0.5, 0.6) is 0 Å². The Morgan fingerprint density at radius 1 is 0.590 bits per heavy atom. The van der Waals surface area contributed by atoms with Crippen molar-refractivity contribution in [3.05, 3.63) is 0 Å². The fraction of sp³-hybridized carbons (Fsp3) is 1.00. The molecule has 2 saturated heterocycles. The van der Waals surface area contributed by atoms with Crippen LogP contribution in [0.1, 0.15) is 51.4 Å². The van der Waals surface area contributed by atoms with Crippen LogP contribution in [0, 0.1) is 0 Å². The zero-order valence-corrected chi connectivity index (χ0v) is 21.2. The number of halogens is 5. The van der Waals surface area contributed by atoms with Gasteiger partial charge in [0.05, 0.1) is 13.2 Å². The number of hydrogen-bond donors (Lipinski definition) is 7. The molecule has 2 fully saturated rings. The van der Waals surface area contributed by atoms with Gasteiger partial charge in [0.1, 0.15) is 48.8 Å². The lowest BCUT2D eigenvalue weighted by Gasteiger charge is -2.45. The zero-order valence-electron chi connectivity index (χ0n) is 21.2. The molecule has 0 radical (unpaired) electrons. The van der Waals surface area contributed by atoms with Gasteiger partial charge in [-0.05, 0) is 12.8 Å². The second kappa shape index (κ2) is 15.4. The van der Waals surface area contributed by atoms with E-state index in [4.69, 9.17) is 18.9 Å². The minimum atomic E-state index is -5.53. The maximum Gasteiger partial charge on any atom is 0.453 e. The van der Waals surface area contributed by atoms with E-state index in [-0.39, 0.29) is 19.4 Å². The van der Waals surface area contributed by atoms with Crippen molar-refractivity contribution in [2.75, 3.05) is 19.8 Å². The van der Waals surface area contributed by atoms with Gasteiger partial charge in [-0.25, -0.2) is 0 Å². The van der Waals surface area contributed by atoms with Gasteiger partial charge in [-0.15, -0.1) is 0 Å². The molecule has 0 aliphatic carbocycles. The number of unbranched alkanes of at least 4 members (excludes halogenated alkanes) is 6. The van der Waals surface area contributed by atoms with Crippen molar-refractivity contribution >= 4 is 0 Å². The van der Waals surface area contributed by atoms with E-state index in [9.17, 15) is 57.7 Å². The van der Waals surface area contributed by atoms with Crippen LogP contribution in [0.4, 0.5) is 22.0 Å². The van der Waals surface area contributed by atoms with Crippen LogP contribution in [0.25, 0.3) is 0 Å². The summed E-state index contributed by atoms with van der Waals surface area (Å²) in [5.74, 6) is -4.68. The summed E-state index contributed by atoms with van der Waals surface area (Å²) in [6.07, 6.45) is -19.2. The van der Waals surface area contributed by atoms with E-state index in [0.717, 1.165) is 0 Å². The summed E-state index contributed by atoms with van der Waals surface area (Å²) in [6, 6.07) is 0. The van der Waals surface area contributed by atoms with Crippen LogP contribution >= 0.6 is 0 Å². The predicted molar refractivity (Wildman–Crippen MR) is 120 cm³/mol. The predicted octanol–water partition coefficient (Wildman–Crippen LogP) is -0.0545. The van der Waals surface area contributed by atoms with Crippen LogP contribution < -0.4 is 0 Å². The first-order valence-electron chi connectivity index (χ1n) is 12.9. The lowest BCUT2D eigenvalue weighted by atomic mass is 9.97. The van der Waals surface area contributed by atoms with Gasteiger partial charge >= 0.3 is 12.1 Å². The number of rotatable bonds is 15. The lowest BCUT2D eigenvalue weighted by Crippen LogP contribution is -2.64. The van der Waals surface area contributed by atoms with Gasteiger partial charge in [0.15, 0.2) is 12.6 Å². The Morgan fingerprint density at radius 2 is 1.10 bits per heavy atom. The average molecular weight is 587 g/mol. The Labute approximate surface area is 222 Å². The summed E-state index contributed by atoms with van der Waals surface area (Å²) in [5, 5.41) is 69.9. The highest BCUT2D eigenvalue weighted by Crippen LogP contribution is 2.39. The summed E-state index contributed by atoms with van der Waals surface area (Å²) in [4.78, 5) is 0. The van der Waals surface area contributed by atoms with Crippen molar-refractivity contribution in [1.82, 2.24) is 0 Å². The Kier molecular flexibility index (Phi) is 13.6. The normalized spacial score (nSPS) is 36.3. The maximum absolute atomic E-state index is 12.8. The zero-order chi connectivity index (χ0) is 29.4. The third-order valence-electron chi connectivity index (χ3n) is 6.79. The summed E-state index contributed by atoms with van der Waals surface area (Å²) >= 11 is 0. The van der Waals surface area contributed by atoms with Crippen LogP contribution in [-0.4, -0.2) is 129 Å². The molecule has 2 aliphatic rings. The van der Waals surface area contributed by atoms with Crippen molar-refractivity contribution in [3.8, 4) is 0 Å². The molecule has 0 spiro atoms. The van der Waals surface area contributed by atoms with Crippen LogP contribution in [0.3, 0.4) is 0 Å². The third-order valence-corrected chi connectivity index (χ3v) is 6.79. The molecule has 2 heterocycles. The molecule has 10 atom stereocenters. The van der Waals surface area contributed by atoms with Gasteiger partial charge in [-0.2, -0.15) is 22.0 Å². The molecule has 232 valence electrons. The molecule has 11 nitrogen and oxygen atoms in total. The minimum absolute atomic E-state index is 0.0859. The number of aliphatic hydroxyl groups excluding tert-OH is 7. The second-order valence-electron chi connectivity index (χ2n) is 9.80. The molecule has 0 saturated carbocycles. The Balaban J connectivity index is 1.70. The summed E-state index contributed by atoms with van der Waals surface area (Å²) in [6.45, 7) is -1.32. The van der Waals surface area contributed by atoms with Crippen molar-refractivity contribution < 1.29 is 76.6 Å². The molecule has 0 aromatic carbocycles. The van der Waals surface area contributed by atoms with E-state index in [2.05, 4.69) is 0 Å². The molecule has 7 N–H and O–H groups in total. The second-order valence-corrected chi connectivity index (χ2v) is 9.80. The summed E-state index contributed by atoms with van der Waals surface area (Å²) in [5.41, 5.74) is 0. The monoisotopic (exact) mass is 586 g/mol. The SMILES string of the molecule is OC[C@H]1O[C@H](O[C@H]2[C@H](O)[C@@H](O)[C@H](OCCCCCCCCCC(F)(F)C(F)(F)F)O[C@@H]2CO)[C@H](O)[C@@H](O)[C@@H]1O. The minimum Gasteiger partial charge on any atom is -0.394 e. The Bertz CT molecular complexity index is 700. The van der Waals surface area contributed by atoms with Crippen LogP contribution in [0.2, 0.25) is 0 Å². The average Bonchev–Trinajstić information content (AvgIpc) is 2.88. The highest BCUT2D eigenvalue weighted by atomic mass is 19.4.